The van der Waals surface area contributed by atoms with Crippen molar-refractivity contribution in [2.75, 3.05) is 0 Å². The molecule has 0 unspecified atom stereocenters. The predicted molar refractivity (Wildman–Crippen MR) is 54.9 cm³/mol. The van der Waals surface area contributed by atoms with E-state index < -0.39 is 10.7 Å². The lowest BCUT2D eigenvalue weighted by Crippen LogP contribution is -1.98. The molecular formula is C10H8FN3O2. The second-order valence-corrected chi connectivity index (χ2v) is 3.33. The molecule has 0 radical (unpaired) electrons. The lowest BCUT2D eigenvalue weighted by Gasteiger charge is -2.01. The van der Waals surface area contributed by atoms with Gasteiger partial charge in [-0.2, -0.15) is 5.10 Å². The zero-order chi connectivity index (χ0) is 11.7. The van der Waals surface area contributed by atoms with Crippen molar-refractivity contribution in [2.45, 2.75) is 6.92 Å². The van der Waals surface area contributed by atoms with Crippen LogP contribution in [0.2, 0.25) is 0 Å². The molecular weight excluding hydrogens is 213 g/mol. The van der Waals surface area contributed by atoms with E-state index >= 15 is 0 Å². The van der Waals surface area contributed by atoms with Crippen molar-refractivity contribution in [3.8, 4) is 5.69 Å². The first-order chi connectivity index (χ1) is 7.56. The van der Waals surface area contributed by atoms with E-state index in [9.17, 15) is 14.5 Å². The van der Waals surface area contributed by atoms with Crippen molar-refractivity contribution in [3.05, 3.63) is 52.1 Å². The number of halogens is 1. The molecule has 0 aliphatic carbocycles. The van der Waals surface area contributed by atoms with Crippen LogP contribution in [0.25, 0.3) is 5.69 Å². The number of hydrogen-bond donors (Lipinski definition) is 0. The number of rotatable bonds is 2. The summed E-state index contributed by atoms with van der Waals surface area (Å²) in [6.45, 7) is 1.78. The van der Waals surface area contributed by atoms with Crippen LogP contribution in [0.3, 0.4) is 0 Å². The number of aryl methyl sites for hydroxylation is 1. The fourth-order valence-electron chi connectivity index (χ4n) is 1.36. The minimum absolute atomic E-state index is 0.289. The van der Waals surface area contributed by atoms with Crippen molar-refractivity contribution < 1.29 is 9.31 Å². The highest BCUT2D eigenvalue weighted by Crippen LogP contribution is 2.18. The van der Waals surface area contributed by atoms with Crippen LogP contribution < -0.4 is 0 Å². The van der Waals surface area contributed by atoms with Crippen LogP contribution >= 0.6 is 0 Å². The largest absolute Gasteiger partial charge is 0.274 e. The maximum Gasteiger partial charge on any atom is 0.274 e. The zero-order valence-electron chi connectivity index (χ0n) is 8.42. The Morgan fingerprint density at radius 1 is 1.44 bits per heavy atom. The summed E-state index contributed by atoms with van der Waals surface area (Å²) in [4.78, 5) is 9.92. The van der Waals surface area contributed by atoms with Gasteiger partial charge in [0, 0.05) is 18.3 Å². The first-order valence-electron chi connectivity index (χ1n) is 4.54. The lowest BCUT2D eigenvalue weighted by molar-refractivity contribution is -0.385. The summed E-state index contributed by atoms with van der Waals surface area (Å²) in [6, 6.07) is 5.07. The van der Waals surface area contributed by atoms with Gasteiger partial charge >= 0.3 is 0 Å². The van der Waals surface area contributed by atoms with Crippen molar-refractivity contribution >= 4 is 5.69 Å². The van der Waals surface area contributed by atoms with Gasteiger partial charge in [-0.05, 0) is 13.0 Å². The molecule has 0 bridgehead atoms. The summed E-state index contributed by atoms with van der Waals surface area (Å²) < 4.78 is 14.5. The minimum Gasteiger partial charge on any atom is -0.258 e. The van der Waals surface area contributed by atoms with E-state index in [1.54, 1.807) is 19.2 Å². The second-order valence-electron chi connectivity index (χ2n) is 3.33. The fourth-order valence-corrected chi connectivity index (χ4v) is 1.36. The number of aromatic nitrogens is 2. The first-order valence-corrected chi connectivity index (χ1v) is 4.54. The Balaban J connectivity index is 2.53. The van der Waals surface area contributed by atoms with E-state index in [4.69, 9.17) is 0 Å². The molecule has 0 spiro atoms. The smallest absolute Gasteiger partial charge is 0.258 e. The van der Waals surface area contributed by atoms with Crippen LogP contribution in [0.1, 0.15) is 5.69 Å². The Labute approximate surface area is 90.3 Å². The van der Waals surface area contributed by atoms with E-state index in [-0.39, 0.29) is 5.69 Å². The van der Waals surface area contributed by atoms with E-state index in [0.717, 1.165) is 11.8 Å². The molecule has 0 aliphatic rings. The van der Waals surface area contributed by atoms with Gasteiger partial charge in [0.05, 0.1) is 22.4 Å². The van der Waals surface area contributed by atoms with Crippen molar-refractivity contribution in [1.29, 1.82) is 0 Å². The van der Waals surface area contributed by atoms with Crippen LogP contribution in [0, 0.1) is 22.9 Å². The molecule has 0 aliphatic heterocycles. The van der Waals surface area contributed by atoms with E-state index in [1.807, 2.05) is 0 Å². The molecule has 2 rings (SSSR count). The zero-order valence-corrected chi connectivity index (χ0v) is 8.42. The van der Waals surface area contributed by atoms with Gasteiger partial charge in [-0.1, -0.05) is 0 Å². The Morgan fingerprint density at radius 3 is 2.75 bits per heavy atom. The van der Waals surface area contributed by atoms with Crippen LogP contribution in [0.5, 0.6) is 0 Å². The van der Waals surface area contributed by atoms with Gasteiger partial charge in [0.1, 0.15) is 5.82 Å². The second kappa shape index (κ2) is 3.73. The number of nitro groups is 1. The number of non-ortho nitro benzene ring substituents is 1. The normalized spacial score (nSPS) is 10.4. The van der Waals surface area contributed by atoms with E-state index in [2.05, 4.69) is 5.10 Å². The van der Waals surface area contributed by atoms with Gasteiger partial charge in [0.25, 0.3) is 5.69 Å². The monoisotopic (exact) mass is 221 g/mol. The van der Waals surface area contributed by atoms with Gasteiger partial charge in [0.15, 0.2) is 0 Å². The van der Waals surface area contributed by atoms with Crippen LogP contribution in [0.4, 0.5) is 10.1 Å². The van der Waals surface area contributed by atoms with Crippen LogP contribution in [-0.2, 0) is 0 Å². The summed E-state index contributed by atoms with van der Waals surface area (Å²) in [5.74, 6) is -0.655. The van der Waals surface area contributed by atoms with Gasteiger partial charge in [-0.25, -0.2) is 9.07 Å². The molecule has 0 amide bonds. The summed E-state index contributed by atoms with van der Waals surface area (Å²) in [6.07, 6.45) is 1.62. The molecule has 1 aromatic carbocycles. The highest BCUT2D eigenvalue weighted by molar-refractivity contribution is 5.43. The molecule has 0 N–H and O–H groups in total. The topological polar surface area (TPSA) is 61.0 Å². The quantitative estimate of drug-likeness (QED) is 0.577. The van der Waals surface area contributed by atoms with E-state index in [0.29, 0.717) is 5.69 Å². The van der Waals surface area contributed by atoms with Gasteiger partial charge in [-0.3, -0.25) is 10.1 Å². The molecule has 82 valence electrons. The summed E-state index contributed by atoms with van der Waals surface area (Å²) in [5.41, 5.74) is 0.801. The average Bonchev–Trinajstić information content (AvgIpc) is 2.64. The maximum absolute atomic E-state index is 13.1. The summed E-state index contributed by atoms with van der Waals surface area (Å²) in [7, 11) is 0. The minimum atomic E-state index is -0.655. The molecule has 6 heteroatoms. The molecule has 2 aromatic rings. The number of hydrogen-bond acceptors (Lipinski definition) is 3. The Hall–Kier alpha value is -2.24. The number of nitrogens with zero attached hydrogens (tertiary/aromatic N) is 3. The SMILES string of the molecule is Cc1ccn(-c2cc(F)cc([N+](=O)[O-])c2)n1. The van der Waals surface area contributed by atoms with Gasteiger partial charge in [0.2, 0.25) is 0 Å². The van der Waals surface area contributed by atoms with E-state index in [1.165, 1.54) is 16.8 Å². The molecule has 0 atom stereocenters. The molecule has 1 aromatic heterocycles. The Morgan fingerprint density at radius 2 is 2.19 bits per heavy atom. The molecule has 0 saturated carbocycles. The Bertz CT molecular complexity index is 551. The summed E-state index contributed by atoms with van der Waals surface area (Å²) in [5, 5.41) is 14.6. The molecule has 5 nitrogen and oxygen atoms in total. The highest BCUT2D eigenvalue weighted by Gasteiger charge is 2.11. The Kier molecular flexibility index (Phi) is 2.40. The molecule has 0 saturated heterocycles. The van der Waals surface area contributed by atoms with Gasteiger partial charge in [-0.15, -0.1) is 0 Å². The summed E-state index contributed by atoms with van der Waals surface area (Å²) >= 11 is 0. The highest BCUT2D eigenvalue weighted by atomic mass is 19.1. The van der Waals surface area contributed by atoms with Crippen molar-refractivity contribution in [2.24, 2.45) is 0 Å². The van der Waals surface area contributed by atoms with Crippen molar-refractivity contribution in [1.82, 2.24) is 9.78 Å². The standard InChI is InChI=1S/C10H8FN3O2/c1-7-2-3-13(12-7)9-4-8(11)5-10(6-9)14(15)16/h2-6H,1H3. The number of benzene rings is 1. The lowest BCUT2D eigenvalue weighted by atomic mass is 10.3. The molecule has 1 heterocycles. The van der Waals surface area contributed by atoms with Crippen molar-refractivity contribution in [3.63, 3.8) is 0 Å². The third kappa shape index (κ3) is 1.90. The van der Waals surface area contributed by atoms with Crippen LogP contribution in [-0.4, -0.2) is 14.7 Å². The fraction of sp³-hybridized carbons (Fsp3) is 0.100. The van der Waals surface area contributed by atoms with Gasteiger partial charge < -0.3 is 0 Å². The third-order valence-electron chi connectivity index (χ3n) is 2.07. The van der Waals surface area contributed by atoms with Crippen LogP contribution in [0.15, 0.2) is 30.5 Å². The predicted octanol–water partition coefficient (Wildman–Crippen LogP) is 2.23. The molecule has 0 fully saturated rings. The molecule has 16 heavy (non-hydrogen) atoms. The average molecular weight is 221 g/mol. The first kappa shape index (κ1) is 10.3. The third-order valence-corrected chi connectivity index (χ3v) is 2.07. The number of nitro benzene ring substituents is 1. The maximum atomic E-state index is 13.1.